The number of rotatable bonds is 6. The molecule has 1 aliphatic heterocycles. The summed E-state index contributed by atoms with van der Waals surface area (Å²) < 4.78 is 0. The Morgan fingerprint density at radius 2 is 2.00 bits per heavy atom. The van der Waals surface area contributed by atoms with Gasteiger partial charge in [-0.2, -0.15) is 0 Å². The van der Waals surface area contributed by atoms with Crippen LogP contribution < -0.4 is 4.90 Å². The molecule has 7 nitrogen and oxygen atoms in total. The number of pyridine rings is 3. The number of aromatic amines is 1. The summed E-state index contributed by atoms with van der Waals surface area (Å²) in [5, 5.41) is 2.16. The molecule has 0 atom stereocenters. The van der Waals surface area contributed by atoms with E-state index < -0.39 is 0 Å². The molecule has 1 saturated heterocycles. The number of carbonyl (C=O) groups is 1. The van der Waals surface area contributed by atoms with E-state index in [-0.39, 0.29) is 5.91 Å². The number of likely N-dealkylation sites (tertiary alicyclic amines) is 1. The Labute approximate surface area is 181 Å². The van der Waals surface area contributed by atoms with Crippen molar-refractivity contribution in [3.63, 3.8) is 0 Å². The van der Waals surface area contributed by atoms with Crippen molar-refractivity contribution in [3.8, 4) is 11.3 Å². The lowest BCUT2D eigenvalue weighted by molar-refractivity contribution is -0.130. The van der Waals surface area contributed by atoms with Crippen molar-refractivity contribution in [2.24, 2.45) is 0 Å². The van der Waals surface area contributed by atoms with Crippen LogP contribution in [0.4, 0.5) is 5.69 Å². The van der Waals surface area contributed by atoms with Crippen LogP contribution in [-0.4, -0.2) is 57.4 Å². The molecule has 0 unspecified atom stereocenters. The Morgan fingerprint density at radius 1 is 1.13 bits per heavy atom. The van der Waals surface area contributed by atoms with Gasteiger partial charge in [0.2, 0.25) is 5.91 Å². The molecule has 1 amide bonds. The third-order valence-electron chi connectivity index (χ3n) is 6.06. The molecule has 7 heteroatoms. The van der Waals surface area contributed by atoms with E-state index in [1.54, 1.807) is 6.20 Å². The minimum atomic E-state index is 0.284. The van der Waals surface area contributed by atoms with Crippen LogP contribution in [0.3, 0.4) is 0 Å². The molecule has 0 aliphatic carbocycles. The fraction of sp³-hybridized carbons (Fsp3) is 0.333. The predicted molar refractivity (Wildman–Crippen MR) is 123 cm³/mol. The van der Waals surface area contributed by atoms with Crippen LogP contribution in [0.25, 0.3) is 33.2 Å². The van der Waals surface area contributed by atoms with E-state index in [1.807, 2.05) is 35.6 Å². The van der Waals surface area contributed by atoms with Crippen molar-refractivity contribution in [1.29, 1.82) is 0 Å². The zero-order valence-electron chi connectivity index (χ0n) is 17.7. The molecule has 0 bridgehead atoms. The standard InChI is InChI=1S/C24H26N6O/c1-29(9-5-7-23(31)30-10-2-3-11-30)18-12-20-19-13-21(17-6-4-8-25-14-17)26-16-22(19)28-24(20)27-15-18/h4,6,8,12-16H,2-3,5,7,9-11H2,1H3,(H,27,28). The van der Waals surface area contributed by atoms with E-state index in [0.717, 1.165) is 77.8 Å². The Balaban J connectivity index is 1.35. The summed E-state index contributed by atoms with van der Waals surface area (Å²) in [7, 11) is 2.06. The summed E-state index contributed by atoms with van der Waals surface area (Å²) in [4.78, 5) is 33.2. The van der Waals surface area contributed by atoms with Crippen molar-refractivity contribution < 1.29 is 4.79 Å². The lowest BCUT2D eigenvalue weighted by Gasteiger charge is -2.20. The molecule has 4 aromatic rings. The Kier molecular flexibility index (Phi) is 5.24. The molecule has 31 heavy (non-hydrogen) atoms. The molecule has 5 heterocycles. The summed E-state index contributed by atoms with van der Waals surface area (Å²) >= 11 is 0. The smallest absolute Gasteiger partial charge is 0.222 e. The zero-order chi connectivity index (χ0) is 21.2. The maximum absolute atomic E-state index is 12.3. The Morgan fingerprint density at radius 3 is 2.81 bits per heavy atom. The molecule has 5 rings (SSSR count). The van der Waals surface area contributed by atoms with Gasteiger partial charge < -0.3 is 14.8 Å². The summed E-state index contributed by atoms with van der Waals surface area (Å²) in [5.74, 6) is 0.284. The average molecular weight is 415 g/mol. The summed E-state index contributed by atoms with van der Waals surface area (Å²) in [6.45, 7) is 2.66. The average Bonchev–Trinajstić information content (AvgIpc) is 3.47. The summed E-state index contributed by atoms with van der Waals surface area (Å²) in [6.07, 6.45) is 11.0. The monoisotopic (exact) mass is 414 g/mol. The van der Waals surface area contributed by atoms with Gasteiger partial charge in [-0.05, 0) is 43.5 Å². The number of hydrogen-bond donors (Lipinski definition) is 1. The van der Waals surface area contributed by atoms with E-state index in [4.69, 9.17) is 0 Å². The van der Waals surface area contributed by atoms with Gasteiger partial charge in [-0.1, -0.05) is 0 Å². The quantitative estimate of drug-likeness (QED) is 0.516. The lowest BCUT2D eigenvalue weighted by Crippen LogP contribution is -2.28. The van der Waals surface area contributed by atoms with Gasteiger partial charge in [0.25, 0.3) is 0 Å². The van der Waals surface area contributed by atoms with Crippen LogP contribution in [0.15, 0.2) is 49.1 Å². The number of hydrogen-bond acceptors (Lipinski definition) is 5. The zero-order valence-corrected chi connectivity index (χ0v) is 17.7. The van der Waals surface area contributed by atoms with Crippen LogP contribution in [0.2, 0.25) is 0 Å². The van der Waals surface area contributed by atoms with Gasteiger partial charge in [0.1, 0.15) is 5.65 Å². The van der Waals surface area contributed by atoms with Crippen LogP contribution in [0.1, 0.15) is 25.7 Å². The molecule has 1 aliphatic rings. The molecule has 158 valence electrons. The molecular formula is C24H26N6O. The van der Waals surface area contributed by atoms with E-state index in [9.17, 15) is 4.79 Å². The van der Waals surface area contributed by atoms with Gasteiger partial charge in [0.15, 0.2) is 0 Å². The minimum Gasteiger partial charge on any atom is -0.373 e. The van der Waals surface area contributed by atoms with Crippen LogP contribution >= 0.6 is 0 Å². The second-order valence-electron chi connectivity index (χ2n) is 8.18. The van der Waals surface area contributed by atoms with E-state index in [2.05, 4.69) is 44.0 Å². The van der Waals surface area contributed by atoms with Crippen molar-refractivity contribution >= 4 is 33.5 Å². The fourth-order valence-electron chi connectivity index (χ4n) is 4.27. The maximum Gasteiger partial charge on any atom is 0.222 e. The van der Waals surface area contributed by atoms with Gasteiger partial charge in [0.05, 0.1) is 29.3 Å². The number of nitrogens with one attached hydrogen (secondary N) is 1. The van der Waals surface area contributed by atoms with Crippen molar-refractivity contribution in [2.45, 2.75) is 25.7 Å². The third kappa shape index (κ3) is 3.95. The molecule has 1 fully saturated rings. The molecule has 0 radical (unpaired) electrons. The maximum atomic E-state index is 12.3. The van der Waals surface area contributed by atoms with E-state index in [1.165, 1.54) is 0 Å². The number of amides is 1. The molecular weight excluding hydrogens is 388 g/mol. The Hall–Kier alpha value is -3.48. The summed E-state index contributed by atoms with van der Waals surface area (Å²) in [6, 6.07) is 8.18. The van der Waals surface area contributed by atoms with E-state index >= 15 is 0 Å². The van der Waals surface area contributed by atoms with Crippen LogP contribution in [0, 0.1) is 0 Å². The van der Waals surface area contributed by atoms with Crippen molar-refractivity contribution in [3.05, 3.63) is 49.1 Å². The molecule has 1 N–H and O–H groups in total. The van der Waals surface area contributed by atoms with Gasteiger partial charge in [0, 0.05) is 61.8 Å². The first-order chi connectivity index (χ1) is 15.2. The summed E-state index contributed by atoms with van der Waals surface area (Å²) in [5.41, 5.74) is 4.73. The fourth-order valence-corrected chi connectivity index (χ4v) is 4.27. The van der Waals surface area contributed by atoms with Crippen LogP contribution in [0.5, 0.6) is 0 Å². The molecule has 0 aromatic carbocycles. The van der Waals surface area contributed by atoms with Gasteiger partial charge in [-0.15, -0.1) is 0 Å². The largest absolute Gasteiger partial charge is 0.373 e. The van der Waals surface area contributed by atoms with Crippen LogP contribution in [-0.2, 0) is 4.79 Å². The van der Waals surface area contributed by atoms with Crippen molar-refractivity contribution in [2.75, 3.05) is 31.6 Å². The first-order valence-electron chi connectivity index (χ1n) is 10.9. The second-order valence-corrected chi connectivity index (χ2v) is 8.18. The van der Waals surface area contributed by atoms with Crippen molar-refractivity contribution in [1.82, 2.24) is 24.8 Å². The molecule has 0 saturated carbocycles. The van der Waals surface area contributed by atoms with Gasteiger partial charge in [-0.3, -0.25) is 14.8 Å². The highest BCUT2D eigenvalue weighted by molar-refractivity contribution is 6.07. The van der Waals surface area contributed by atoms with E-state index in [0.29, 0.717) is 6.42 Å². The third-order valence-corrected chi connectivity index (χ3v) is 6.06. The number of fused-ring (bicyclic) bond motifs is 3. The first kappa shape index (κ1) is 19.5. The number of anilines is 1. The number of nitrogens with zero attached hydrogens (tertiary/aromatic N) is 5. The highest BCUT2D eigenvalue weighted by Gasteiger charge is 2.17. The number of H-pyrrole nitrogens is 1. The second kappa shape index (κ2) is 8.34. The lowest BCUT2D eigenvalue weighted by atomic mass is 10.1. The predicted octanol–water partition coefficient (Wildman–Crippen LogP) is 4.01. The highest BCUT2D eigenvalue weighted by atomic mass is 16.2. The number of carbonyl (C=O) groups excluding carboxylic acids is 1. The SMILES string of the molecule is CN(CCCC(=O)N1CCCC1)c1cnc2[nH]c3cnc(-c4cccnc4)cc3c2c1. The highest BCUT2D eigenvalue weighted by Crippen LogP contribution is 2.29. The topological polar surface area (TPSA) is 78.0 Å². The number of aromatic nitrogens is 4. The minimum absolute atomic E-state index is 0.284. The van der Waals surface area contributed by atoms with Gasteiger partial charge >= 0.3 is 0 Å². The first-order valence-corrected chi connectivity index (χ1v) is 10.9. The Bertz CT molecular complexity index is 1210. The van der Waals surface area contributed by atoms with Gasteiger partial charge in [-0.25, -0.2) is 4.98 Å². The molecule has 0 spiro atoms. The molecule has 4 aromatic heterocycles. The normalized spacial score (nSPS) is 13.9.